The fraction of sp³-hybridized carbons (Fsp3) is 0.214. The number of hydrogen-bond acceptors (Lipinski definition) is 4. The molecule has 5 heteroatoms. The summed E-state index contributed by atoms with van der Waals surface area (Å²) in [5, 5.41) is 13.4. The highest BCUT2D eigenvalue weighted by Crippen LogP contribution is 2.27. The van der Waals surface area contributed by atoms with Crippen LogP contribution in [-0.4, -0.2) is 17.2 Å². The molecular weight excluding hydrogens is 264 g/mol. The van der Waals surface area contributed by atoms with Gasteiger partial charge in [0, 0.05) is 17.4 Å². The molecule has 0 unspecified atom stereocenters. The molecule has 2 rings (SSSR count). The number of halogens is 1. The summed E-state index contributed by atoms with van der Waals surface area (Å²) in [5.74, 6) is 0.784. The van der Waals surface area contributed by atoms with Gasteiger partial charge in [-0.3, -0.25) is 4.98 Å². The fourth-order valence-electron chi connectivity index (χ4n) is 1.69. The van der Waals surface area contributed by atoms with Crippen LogP contribution in [0.5, 0.6) is 11.5 Å². The van der Waals surface area contributed by atoms with Crippen LogP contribution in [0.4, 0.5) is 5.69 Å². The number of anilines is 1. The molecule has 0 aliphatic heterocycles. The number of pyridine rings is 1. The van der Waals surface area contributed by atoms with Crippen molar-refractivity contribution in [2.75, 3.05) is 12.4 Å². The summed E-state index contributed by atoms with van der Waals surface area (Å²) in [5.41, 5.74) is 2.32. The third-order valence-electron chi connectivity index (χ3n) is 2.70. The summed E-state index contributed by atoms with van der Waals surface area (Å²) in [6.45, 7) is 2.31. The highest BCUT2D eigenvalue weighted by atomic mass is 35.5. The lowest BCUT2D eigenvalue weighted by Crippen LogP contribution is -2.03. The predicted octanol–water partition coefficient (Wildman–Crippen LogP) is 3.37. The highest BCUT2D eigenvalue weighted by molar-refractivity contribution is 6.32. The van der Waals surface area contributed by atoms with E-state index in [0.717, 1.165) is 11.4 Å². The molecule has 0 atom stereocenters. The molecule has 1 aromatic heterocycles. The van der Waals surface area contributed by atoms with Gasteiger partial charge in [0.25, 0.3) is 0 Å². The Morgan fingerprint density at radius 3 is 2.84 bits per heavy atom. The molecule has 4 nitrogen and oxygen atoms in total. The highest BCUT2D eigenvalue weighted by Gasteiger charge is 2.05. The molecule has 0 aliphatic rings. The second-order valence-electron chi connectivity index (χ2n) is 4.12. The van der Waals surface area contributed by atoms with Crippen molar-refractivity contribution < 1.29 is 9.84 Å². The summed E-state index contributed by atoms with van der Waals surface area (Å²) >= 11 is 5.95. The van der Waals surface area contributed by atoms with Gasteiger partial charge in [0.15, 0.2) is 0 Å². The number of hydrogen-bond donors (Lipinski definition) is 2. The van der Waals surface area contributed by atoms with E-state index < -0.39 is 0 Å². The topological polar surface area (TPSA) is 54.4 Å². The molecule has 0 radical (unpaired) electrons. The average Bonchev–Trinajstić information content (AvgIpc) is 2.41. The molecule has 0 spiro atoms. The Morgan fingerprint density at radius 1 is 1.32 bits per heavy atom. The minimum Gasteiger partial charge on any atom is -0.506 e. The van der Waals surface area contributed by atoms with E-state index in [1.54, 1.807) is 31.4 Å². The first-order chi connectivity index (χ1) is 9.10. The van der Waals surface area contributed by atoms with Crippen molar-refractivity contribution >= 4 is 17.3 Å². The van der Waals surface area contributed by atoms with Crippen molar-refractivity contribution in [1.29, 1.82) is 0 Å². The zero-order valence-electron chi connectivity index (χ0n) is 10.8. The Morgan fingerprint density at radius 2 is 2.11 bits per heavy atom. The predicted molar refractivity (Wildman–Crippen MR) is 76.0 cm³/mol. The van der Waals surface area contributed by atoms with Crippen molar-refractivity contribution in [3.63, 3.8) is 0 Å². The standard InChI is InChI=1S/C14H15ClN2O2/c1-9-3-6-13(18)12(17-9)8-16-10-4-5-11(15)14(7-10)19-2/h3-7,16,18H,8H2,1-2H3. The summed E-state index contributed by atoms with van der Waals surface area (Å²) in [6, 6.07) is 8.81. The molecule has 100 valence electrons. The summed E-state index contributed by atoms with van der Waals surface area (Å²) in [4.78, 5) is 4.28. The van der Waals surface area contributed by atoms with E-state index in [-0.39, 0.29) is 5.75 Å². The second-order valence-corrected chi connectivity index (χ2v) is 4.53. The quantitative estimate of drug-likeness (QED) is 0.900. The second kappa shape index (κ2) is 5.80. The third kappa shape index (κ3) is 3.29. The zero-order valence-corrected chi connectivity index (χ0v) is 11.5. The Bertz CT molecular complexity index is 588. The van der Waals surface area contributed by atoms with Crippen LogP contribution in [0.25, 0.3) is 0 Å². The van der Waals surface area contributed by atoms with E-state index in [9.17, 15) is 5.11 Å². The van der Waals surface area contributed by atoms with Crippen molar-refractivity contribution in [3.05, 3.63) is 46.7 Å². The van der Waals surface area contributed by atoms with Gasteiger partial charge in [0.05, 0.1) is 18.7 Å². The van der Waals surface area contributed by atoms with E-state index in [2.05, 4.69) is 10.3 Å². The number of benzene rings is 1. The van der Waals surface area contributed by atoms with E-state index in [4.69, 9.17) is 16.3 Å². The molecule has 19 heavy (non-hydrogen) atoms. The first-order valence-electron chi connectivity index (χ1n) is 5.83. The number of aryl methyl sites for hydroxylation is 1. The van der Waals surface area contributed by atoms with Crippen LogP contribution >= 0.6 is 11.6 Å². The van der Waals surface area contributed by atoms with Crippen molar-refractivity contribution in [3.8, 4) is 11.5 Å². The maximum atomic E-state index is 9.71. The molecule has 0 amide bonds. The minimum atomic E-state index is 0.180. The van der Waals surface area contributed by atoms with E-state index >= 15 is 0 Å². The normalized spacial score (nSPS) is 10.3. The number of nitrogens with one attached hydrogen (secondary N) is 1. The van der Waals surface area contributed by atoms with Crippen LogP contribution in [0.1, 0.15) is 11.4 Å². The molecule has 1 aromatic carbocycles. The molecule has 2 aromatic rings. The molecular formula is C14H15ClN2O2. The van der Waals surface area contributed by atoms with E-state index in [1.807, 2.05) is 13.0 Å². The van der Waals surface area contributed by atoms with Gasteiger partial charge in [0.1, 0.15) is 17.2 Å². The number of aromatic hydroxyl groups is 1. The lowest BCUT2D eigenvalue weighted by Gasteiger charge is -2.10. The molecule has 0 fully saturated rings. The maximum Gasteiger partial charge on any atom is 0.139 e. The summed E-state index contributed by atoms with van der Waals surface area (Å²) in [7, 11) is 1.57. The molecule has 0 aliphatic carbocycles. The van der Waals surface area contributed by atoms with Crippen LogP contribution in [0.3, 0.4) is 0 Å². The van der Waals surface area contributed by atoms with Crippen LogP contribution in [0.15, 0.2) is 30.3 Å². The number of methoxy groups -OCH3 is 1. The van der Waals surface area contributed by atoms with Gasteiger partial charge in [-0.2, -0.15) is 0 Å². The maximum absolute atomic E-state index is 9.71. The average molecular weight is 279 g/mol. The smallest absolute Gasteiger partial charge is 0.139 e. The van der Waals surface area contributed by atoms with E-state index in [1.165, 1.54) is 0 Å². The minimum absolute atomic E-state index is 0.180. The third-order valence-corrected chi connectivity index (χ3v) is 3.01. The van der Waals surface area contributed by atoms with Gasteiger partial charge in [0.2, 0.25) is 0 Å². The molecule has 2 N–H and O–H groups in total. The van der Waals surface area contributed by atoms with Crippen molar-refractivity contribution in [2.24, 2.45) is 0 Å². The SMILES string of the molecule is COc1cc(NCc2nc(C)ccc2O)ccc1Cl. The largest absolute Gasteiger partial charge is 0.506 e. The lowest BCUT2D eigenvalue weighted by molar-refractivity contribution is 0.415. The number of rotatable bonds is 4. The first kappa shape index (κ1) is 13.5. The van der Waals surface area contributed by atoms with Gasteiger partial charge >= 0.3 is 0 Å². The van der Waals surface area contributed by atoms with Crippen molar-refractivity contribution in [2.45, 2.75) is 13.5 Å². The van der Waals surface area contributed by atoms with Gasteiger partial charge < -0.3 is 15.2 Å². The van der Waals surface area contributed by atoms with E-state index in [0.29, 0.717) is 23.0 Å². The monoisotopic (exact) mass is 278 g/mol. The summed E-state index contributed by atoms with van der Waals surface area (Å²) < 4.78 is 5.14. The van der Waals surface area contributed by atoms with Crippen molar-refractivity contribution in [1.82, 2.24) is 4.98 Å². The fourth-order valence-corrected chi connectivity index (χ4v) is 1.88. The number of ether oxygens (including phenoxy) is 1. The van der Waals surface area contributed by atoms with Gasteiger partial charge in [-0.1, -0.05) is 11.6 Å². The Balaban J connectivity index is 2.12. The molecule has 1 heterocycles. The van der Waals surface area contributed by atoms with Crippen LogP contribution < -0.4 is 10.1 Å². The van der Waals surface area contributed by atoms with Gasteiger partial charge in [-0.25, -0.2) is 0 Å². The zero-order chi connectivity index (χ0) is 13.8. The Labute approximate surface area is 117 Å². The molecule has 0 saturated carbocycles. The van der Waals surface area contributed by atoms with Crippen LogP contribution in [-0.2, 0) is 6.54 Å². The summed E-state index contributed by atoms with van der Waals surface area (Å²) in [6.07, 6.45) is 0. The van der Waals surface area contributed by atoms with Gasteiger partial charge in [-0.15, -0.1) is 0 Å². The molecule has 0 bridgehead atoms. The molecule has 0 saturated heterocycles. The van der Waals surface area contributed by atoms with Crippen LogP contribution in [0, 0.1) is 6.92 Å². The van der Waals surface area contributed by atoms with Gasteiger partial charge in [-0.05, 0) is 31.2 Å². The number of nitrogens with zero attached hydrogens (tertiary/aromatic N) is 1. The Kier molecular flexibility index (Phi) is 4.12. The lowest BCUT2D eigenvalue weighted by atomic mass is 10.2. The first-order valence-corrected chi connectivity index (χ1v) is 6.21. The van der Waals surface area contributed by atoms with Crippen LogP contribution in [0.2, 0.25) is 5.02 Å². The Hall–Kier alpha value is -1.94. The number of aromatic nitrogens is 1.